The first-order chi connectivity index (χ1) is 15.3. The Morgan fingerprint density at radius 2 is 1.66 bits per heavy atom. The Morgan fingerprint density at radius 1 is 0.969 bits per heavy atom. The SMILES string of the molecule is CCOc1cc(CN(C)C(=O)CCNC(=O)N(C)Cc2ccccc2)ccc1OC(F)F. The van der Waals surface area contributed by atoms with Crippen molar-refractivity contribution in [2.75, 3.05) is 27.2 Å². The van der Waals surface area contributed by atoms with Crippen LogP contribution in [-0.4, -0.2) is 55.6 Å². The zero-order valence-corrected chi connectivity index (χ0v) is 18.5. The van der Waals surface area contributed by atoms with Gasteiger partial charge in [0.15, 0.2) is 11.5 Å². The first-order valence-corrected chi connectivity index (χ1v) is 10.3. The Kier molecular flexibility index (Phi) is 9.72. The van der Waals surface area contributed by atoms with Crippen LogP contribution in [0.4, 0.5) is 13.6 Å². The van der Waals surface area contributed by atoms with E-state index in [0.29, 0.717) is 12.1 Å². The summed E-state index contributed by atoms with van der Waals surface area (Å²) >= 11 is 0. The molecule has 2 rings (SSSR count). The molecule has 0 unspecified atom stereocenters. The van der Waals surface area contributed by atoms with E-state index in [-0.39, 0.29) is 49.6 Å². The second-order valence-electron chi connectivity index (χ2n) is 7.17. The third-order valence-corrected chi connectivity index (χ3v) is 4.59. The Labute approximate surface area is 186 Å². The van der Waals surface area contributed by atoms with Gasteiger partial charge in [0.25, 0.3) is 0 Å². The van der Waals surface area contributed by atoms with E-state index in [4.69, 9.17) is 4.74 Å². The minimum absolute atomic E-state index is 0.0538. The normalized spacial score (nSPS) is 10.6. The summed E-state index contributed by atoms with van der Waals surface area (Å²) in [6.45, 7) is -0.00168. The summed E-state index contributed by atoms with van der Waals surface area (Å²) in [5.74, 6) is -0.0244. The molecule has 7 nitrogen and oxygen atoms in total. The molecule has 2 aromatic carbocycles. The van der Waals surface area contributed by atoms with Gasteiger partial charge in [-0.1, -0.05) is 36.4 Å². The maximum Gasteiger partial charge on any atom is 0.387 e. The minimum atomic E-state index is -2.95. The highest BCUT2D eigenvalue weighted by Gasteiger charge is 2.15. The van der Waals surface area contributed by atoms with Gasteiger partial charge in [-0.15, -0.1) is 0 Å². The lowest BCUT2D eigenvalue weighted by molar-refractivity contribution is -0.130. The molecule has 9 heteroatoms. The molecule has 0 radical (unpaired) electrons. The van der Waals surface area contributed by atoms with Crippen LogP contribution in [0.2, 0.25) is 0 Å². The van der Waals surface area contributed by atoms with Gasteiger partial charge in [-0.3, -0.25) is 4.79 Å². The summed E-state index contributed by atoms with van der Waals surface area (Å²) in [6, 6.07) is 13.9. The van der Waals surface area contributed by atoms with E-state index in [1.54, 1.807) is 38.1 Å². The van der Waals surface area contributed by atoms with Crippen molar-refractivity contribution in [3.8, 4) is 11.5 Å². The van der Waals surface area contributed by atoms with Gasteiger partial charge in [0, 0.05) is 40.2 Å². The summed E-state index contributed by atoms with van der Waals surface area (Å²) in [5.41, 5.74) is 1.72. The van der Waals surface area contributed by atoms with Crippen molar-refractivity contribution in [1.82, 2.24) is 15.1 Å². The first kappa shape index (κ1) is 24.9. The van der Waals surface area contributed by atoms with Crippen molar-refractivity contribution in [3.63, 3.8) is 0 Å². The van der Waals surface area contributed by atoms with Crippen LogP contribution in [0.1, 0.15) is 24.5 Å². The molecule has 32 heavy (non-hydrogen) atoms. The molecule has 0 fully saturated rings. The molecule has 3 amide bonds. The molecule has 1 N–H and O–H groups in total. The maximum absolute atomic E-state index is 12.5. The average Bonchev–Trinajstić information content (AvgIpc) is 2.75. The quantitative estimate of drug-likeness (QED) is 0.565. The van der Waals surface area contributed by atoms with Crippen LogP contribution < -0.4 is 14.8 Å². The number of carbonyl (C=O) groups excluding carboxylic acids is 2. The molecule has 2 aromatic rings. The molecule has 0 saturated carbocycles. The Balaban J connectivity index is 1.82. The number of nitrogens with zero attached hydrogens (tertiary/aromatic N) is 2. The number of urea groups is 1. The highest BCUT2D eigenvalue weighted by atomic mass is 19.3. The van der Waals surface area contributed by atoms with Gasteiger partial charge in [-0.2, -0.15) is 8.78 Å². The van der Waals surface area contributed by atoms with Gasteiger partial charge in [-0.25, -0.2) is 4.79 Å². The first-order valence-electron chi connectivity index (χ1n) is 10.3. The topological polar surface area (TPSA) is 71.1 Å². The number of benzene rings is 2. The molecular formula is C23H29F2N3O4. The number of ether oxygens (including phenoxy) is 2. The largest absolute Gasteiger partial charge is 0.490 e. The fourth-order valence-corrected chi connectivity index (χ4v) is 3.01. The summed E-state index contributed by atoms with van der Waals surface area (Å²) in [5, 5.41) is 2.74. The van der Waals surface area contributed by atoms with Gasteiger partial charge in [0.2, 0.25) is 5.91 Å². The molecule has 0 aliphatic heterocycles. The predicted octanol–water partition coefficient (Wildman–Crippen LogP) is 3.88. The summed E-state index contributed by atoms with van der Waals surface area (Å²) in [4.78, 5) is 27.7. The predicted molar refractivity (Wildman–Crippen MR) is 117 cm³/mol. The van der Waals surface area contributed by atoms with E-state index in [2.05, 4.69) is 10.1 Å². The molecule has 0 heterocycles. The standard InChI is InChI=1S/C23H29F2N3O4/c1-4-31-20-14-18(10-11-19(20)32-22(24)25)16-27(2)21(29)12-13-26-23(30)28(3)15-17-8-6-5-7-9-17/h5-11,14,22H,4,12-13,15-16H2,1-3H3,(H,26,30). The van der Waals surface area contributed by atoms with Crippen LogP contribution in [0.15, 0.2) is 48.5 Å². The zero-order valence-electron chi connectivity index (χ0n) is 18.5. The summed E-state index contributed by atoms with van der Waals surface area (Å²) in [7, 11) is 3.32. The second-order valence-corrected chi connectivity index (χ2v) is 7.17. The second kappa shape index (κ2) is 12.5. The van der Waals surface area contributed by atoms with E-state index in [9.17, 15) is 18.4 Å². The zero-order chi connectivity index (χ0) is 23.5. The maximum atomic E-state index is 12.5. The fraction of sp³-hybridized carbons (Fsp3) is 0.391. The van der Waals surface area contributed by atoms with Gasteiger partial charge in [0.05, 0.1) is 6.61 Å². The van der Waals surface area contributed by atoms with Crippen molar-refractivity contribution in [2.45, 2.75) is 33.0 Å². The number of hydrogen-bond donors (Lipinski definition) is 1. The van der Waals surface area contributed by atoms with Crippen LogP contribution in [0.5, 0.6) is 11.5 Å². The van der Waals surface area contributed by atoms with Gasteiger partial charge >= 0.3 is 12.6 Å². The van der Waals surface area contributed by atoms with Crippen molar-refractivity contribution in [1.29, 1.82) is 0 Å². The lowest BCUT2D eigenvalue weighted by atomic mass is 10.2. The molecule has 0 aromatic heterocycles. The third kappa shape index (κ3) is 8.05. The van der Waals surface area contributed by atoms with Crippen LogP contribution in [-0.2, 0) is 17.9 Å². The molecular weight excluding hydrogens is 420 g/mol. The van der Waals surface area contributed by atoms with E-state index < -0.39 is 6.61 Å². The smallest absolute Gasteiger partial charge is 0.387 e. The van der Waals surface area contributed by atoms with Crippen molar-refractivity contribution < 1.29 is 27.8 Å². The Hall–Kier alpha value is -3.36. The highest BCUT2D eigenvalue weighted by Crippen LogP contribution is 2.30. The Morgan fingerprint density at radius 3 is 2.31 bits per heavy atom. The summed E-state index contributed by atoms with van der Waals surface area (Å²) in [6.07, 6.45) is 0.131. The molecule has 0 spiro atoms. The number of nitrogens with one attached hydrogen (secondary N) is 1. The van der Waals surface area contributed by atoms with Crippen molar-refractivity contribution in [2.24, 2.45) is 0 Å². The highest BCUT2D eigenvalue weighted by molar-refractivity contribution is 5.78. The van der Waals surface area contributed by atoms with Crippen molar-refractivity contribution in [3.05, 3.63) is 59.7 Å². The van der Waals surface area contributed by atoms with E-state index in [1.165, 1.54) is 11.0 Å². The van der Waals surface area contributed by atoms with Gasteiger partial charge < -0.3 is 24.6 Å². The number of hydrogen-bond acceptors (Lipinski definition) is 4. The van der Waals surface area contributed by atoms with Gasteiger partial charge in [-0.05, 0) is 30.2 Å². The molecule has 0 aliphatic carbocycles. The number of alkyl halides is 2. The van der Waals surface area contributed by atoms with Crippen molar-refractivity contribution >= 4 is 11.9 Å². The third-order valence-electron chi connectivity index (χ3n) is 4.59. The van der Waals surface area contributed by atoms with Gasteiger partial charge in [0.1, 0.15) is 0 Å². The average molecular weight is 449 g/mol. The lowest BCUT2D eigenvalue weighted by Crippen LogP contribution is -2.39. The lowest BCUT2D eigenvalue weighted by Gasteiger charge is -2.20. The number of halogens is 2. The molecule has 0 aliphatic rings. The van der Waals surface area contributed by atoms with Crippen LogP contribution in [0, 0.1) is 0 Å². The number of carbonyl (C=O) groups is 2. The summed E-state index contributed by atoms with van der Waals surface area (Å²) < 4.78 is 34.9. The van der Waals surface area contributed by atoms with E-state index in [1.807, 2.05) is 30.3 Å². The minimum Gasteiger partial charge on any atom is -0.490 e. The number of amides is 3. The van der Waals surface area contributed by atoms with E-state index in [0.717, 1.165) is 5.56 Å². The number of rotatable bonds is 11. The molecule has 174 valence electrons. The monoisotopic (exact) mass is 449 g/mol. The van der Waals surface area contributed by atoms with Crippen LogP contribution in [0.3, 0.4) is 0 Å². The van der Waals surface area contributed by atoms with Crippen LogP contribution in [0.25, 0.3) is 0 Å². The molecule has 0 bridgehead atoms. The Bertz CT molecular complexity index is 881. The fourth-order valence-electron chi connectivity index (χ4n) is 3.01. The molecule has 0 atom stereocenters. The van der Waals surface area contributed by atoms with Crippen LogP contribution >= 0.6 is 0 Å². The molecule has 0 saturated heterocycles. The van der Waals surface area contributed by atoms with E-state index >= 15 is 0 Å².